The van der Waals surface area contributed by atoms with E-state index in [4.69, 9.17) is 0 Å². The van der Waals surface area contributed by atoms with Crippen LogP contribution in [0.1, 0.15) is 63.0 Å². The fourth-order valence-corrected chi connectivity index (χ4v) is 4.50. The molecule has 0 amide bonds. The van der Waals surface area contributed by atoms with Gasteiger partial charge < -0.3 is 4.98 Å². The first-order chi connectivity index (χ1) is 10.3. The number of nitrogens with zero attached hydrogens (tertiary/aromatic N) is 1. The number of pyridine rings is 2. The van der Waals surface area contributed by atoms with E-state index < -0.39 is 0 Å². The number of hydrogen-bond acceptors (Lipinski definition) is 2. The predicted octanol–water partition coefficient (Wildman–Crippen LogP) is 4.14. The van der Waals surface area contributed by atoms with Gasteiger partial charge in [0.2, 0.25) is 0 Å². The second kappa shape index (κ2) is 4.97. The predicted molar refractivity (Wildman–Crippen MR) is 84.5 cm³/mol. The van der Waals surface area contributed by atoms with Gasteiger partial charge in [0.1, 0.15) is 0 Å². The summed E-state index contributed by atoms with van der Waals surface area (Å²) in [5, 5.41) is 0.698. The van der Waals surface area contributed by atoms with Gasteiger partial charge in [0, 0.05) is 24.2 Å². The summed E-state index contributed by atoms with van der Waals surface area (Å²) < 4.78 is 0. The van der Waals surface area contributed by atoms with Gasteiger partial charge in [-0.2, -0.15) is 0 Å². The number of rotatable bonds is 1. The largest absolute Gasteiger partial charge is 0.358 e. The van der Waals surface area contributed by atoms with Crippen LogP contribution < -0.4 is 5.43 Å². The van der Waals surface area contributed by atoms with Crippen molar-refractivity contribution in [3.8, 4) is 0 Å². The highest BCUT2D eigenvalue weighted by Crippen LogP contribution is 2.51. The van der Waals surface area contributed by atoms with E-state index in [-0.39, 0.29) is 5.43 Å². The second-order valence-corrected chi connectivity index (χ2v) is 6.99. The Balaban J connectivity index is 1.61. The highest BCUT2D eigenvalue weighted by molar-refractivity contribution is 5.77. The van der Waals surface area contributed by atoms with Gasteiger partial charge in [0.25, 0.3) is 0 Å². The van der Waals surface area contributed by atoms with E-state index in [2.05, 4.69) is 9.97 Å². The van der Waals surface area contributed by atoms with E-state index in [0.29, 0.717) is 16.7 Å². The standard InChI is InChI=1S/C18H22N2O/c21-17-11-16(20-15-5-10-19-12-14(15)17)13-3-8-18(9-4-13)6-1-2-7-18/h5,10-13H,1-4,6-9H2,(H,20,21). The summed E-state index contributed by atoms with van der Waals surface area (Å²) in [6, 6.07) is 3.71. The van der Waals surface area contributed by atoms with Crippen LogP contribution in [0.15, 0.2) is 29.3 Å². The molecule has 3 heteroatoms. The molecule has 4 rings (SSSR count). The highest BCUT2D eigenvalue weighted by Gasteiger charge is 2.37. The smallest absolute Gasteiger partial charge is 0.191 e. The van der Waals surface area contributed by atoms with E-state index in [0.717, 1.165) is 11.2 Å². The number of aromatic nitrogens is 2. The van der Waals surface area contributed by atoms with E-state index >= 15 is 0 Å². The molecular weight excluding hydrogens is 260 g/mol. The van der Waals surface area contributed by atoms with E-state index in [1.54, 1.807) is 18.5 Å². The Morgan fingerprint density at radius 1 is 1.14 bits per heavy atom. The summed E-state index contributed by atoms with van der Waals surface area (Å²) in [5.41, 5.74) is 2.81. The van der Waals surface area contributed by atoms with Gasteiger partial charge in [0.15, 0.2) is 5.43 Å². The van der Waals surface area contributed by atoms with Crippen molar-refractivity contribution in [3.05, 3.63) is 40.4 Å². The zero-order valence-electron chi connectivity index (χ0n) is 12.4. The Morgan fingerprint density at radius 3 is 2.67 bits per heavy atom. The maximum absolute atomic E-state index is 12.2. The molecule has 1 spiro atoms. The maximum Gasteiger partial charge on any atom is 0.191 e. The van der Waals surface area contributed by atoms with Gasteiger partial charge in [-0.3, -0.25) is 9.78 Å². The minimum Gasteiger partial charge on any atom is -0.358 e. The van der Waals surface area contributed by atoms with E-state index in [1.165, 1.54) is 51.4 Å². The lowest BCUT2D eigenvalue weighted by Gasteiger charge is -2.37. The van der Waals surface area contributed by atoms with Crippen molar-refractivity contribution < 1.29 is 0 Å². The molecule has 2 aliphatic rings. The average molecular weight is 282 g/mol. The lowest BCUT2D eigenvalue weighted by Crippen LogP contribution is -2.24. The van der Waals surface area contributed by atoms with E-state index in [1.807, 2.05) is 6.07 Å². The molecule has 110 valence electrons. The van der Waals surface area contributed by atoms with Gasteiger partial charge in [0.05, 0.1) is 10.9 Å². The molecule has 2 aromatic rings. The van der Waals surface area contributed by atoms with Crippen molar-refractivity contribution >= 4 is 10.9 Å². The molecule has 0 aliphatic heterocycles. The molecule has 2 heterocycles. The summed E-state index contributed by atoms with van der Waals surface area (Å²) in [7, 11) is 0. The zero-order chi connectivity index (χ0) is 14.3. The number of nitrogens with one attached hydrogen (secondary N) is 1. The second-order valence-electron chi connectivity index (χ2n) is 6.99. The summed E-state index contributed by atoms with van der Waals surface area (Å²) in [6.07, 6.45) is 14.2. The maximum atomic E-state index is 12.2. The third-order valence-electron chi connectivity index (χ3n) is 5.80. The van der Waals surface area contributed by atoms with Gasteiger partial charge in [-0.1, -0.05) is 12.8 Å². The molecule has 0 aromatic carbocycles. The van der Waals surface area contributed by atoms with Crippen LogP contribution >= 0.6 is 0 Å². The molecule has 0 radical (unpaired) electrons. The Hall–Kier alpha value is -1.64. The van der Waals surface area contributed by atoms with Gasteiger partial charge in [-0.05, 0) is 55.9 Å². The molecule has 2 saturated carbocycles. The molecule has 21 heavy (non-hydrogen) atoms. The Kier molecular flexibility index (Phi) is 3.09. The number of fused-ring (bicyclic) bond motifs is 1. The summed E-state index contributed by atoms with van der Waals surface area (Å²) >= 11 is 0. The Morgan fingerprint density at radius 2 is 1.90 bits per heavy atom. The van der Waals surface area contributed by atoms with Crippen molar-refractivity contribution in [1.29, 1.82) is 0 Å². The monoisotopic (exact) mass is 282 g/mol. The van der Waals surface area contributed by atoms with Crippen LogP contribution in [-0.4, -0.2) is 9.97 Å². The van der Waals surface area contributed by atoms with Crippen LogP contribution in [0.2, 0.25) is 0 Å². The van der Waals surface area contributed by atoms with Crippen LogP contribution in [0.4, 0.5) is 0 Å². The van der Waals surface area contributed by atoms with Gasteiger partial charge >= 0.3 is 0 Å². The van der Waals surface area contributed by atoms with Crippen molar-refractivity contribution in [2.45, 2.75) is 57.3 Å². The summed E-state index contributed by atoms with van der Waals surface area (Å²) in [4.78, 5) is 19.8. The topological polar surface area (TPSA) is 45.8 Å². The molecule has 2 fully saturated rings. The fourth-order valence-electron chi connectivity index (χ4n) is 4.50. The van der Waals surface area contributed by atoms with E-state index in [9.17, 15) is 4.79 Å². The third-order valence-corrected chi connectivity index (χ3v) is 5.80. The number of aromatic amines is 1. The molecule has 0 bridgehead atoms. The molecule has 0 saturated heterocycles. The molecule has 3 nitrogen and oxygen atoms in total. The molecular formula is C18H22N2O. The number of H-pyrrole nitrogens is 1. The molecule has 0 unspecified atom stereocenters. The summed E-state index contributed by atoms with van der Waals surface area (Å²) in [5.74, 6) is 0.529. The van der Waals surface area contributed by atoms with Gasteiger partial charge in [-0.15, -0.1) is 0 Å². The SMILES string of the molecule is O=c1cc(C2CCC3(CCCC3)CC2)[nH]c2ccncc12. The Bertz CT molecular complexity index is 702. The fraction of sp³-hybridized carbons (Fsp3) is 0.556. The van der Waals surface area contributed by atoms with Crippen LogP contribution in [0, 0.1) is 5.41 Å². The van der Waals surface area contributed by atoms with Crippen molar-refractivity contribution in [2.75, 3.05) is 0 Å². The van der Waals surface area contributed by atoms with Crippen molar-refractivity contribution in [3.63, 3.8) is 0 Å². The zero-order valence-corrected chi connectivity index (χ0v) is 12.4. The first-order valence-corrected chi connectivity index (χ1v) is 8.23. The molecule has 0 atom stereocenters. The van der Waals surface area contributed by atoms with Crippen molar-refractivity contribution in [2.24, 2.45) is 5.41 Å². The normalized spacial score (nSPS) is 22.1. The third kappa shape index (κ3) is 2.29. The summed E-state index contributed by atoms with van der Waals surface area (Å²) in [6.45, 7) is 0. The van der Waals surface area contributed by atoms with Crippen LogP contribution in [0.3, 0.4) is 0 Å². The lowest BCUT2D eigenvalue weighted by atomic mass is 9.69. The Labute approximate surface area is 124 Å². The quantitative estimate of drug-likeness (QED) is 0.854. The minimum atomic E-state index is 0.105. The minimum absolute atomic E-state index is 0.105. The van der Waals surface area contributed by atoms with Crippen LogP contribution in [-0.2, 0) is 0 Å². The lowest BCUT2D eigenvalue weighted by molar-refractivity contribution is 0.180. The van der Waals surface area contributed by atoms with Crippen LogP contribution in [0.5, 0.6) is 0 Å². The van der Waals surface area contributed by atoms with Gasteiger partial charge in [-0.25, -0.2) is 0 Å². The molecule has 1 N–H and O–H groups in total. The highest BCUT2D eigenvalue weighted by atomic mass is 16.1. The van der Waals surface area contributed by atoms with Crippen molar-refractivity contribution in [1.82, 2.24) is 9.97 Å². The molecule has 2 aliphatic carbocycles. The van der Waals surface area contributed by atoms with Crippen LogP contribution in [0.25, 0.3) is 10.9 Å². The first kappa shape index (κ1) is 13.1. The first-order valence-electron chi connectivity index (χ1n) is 8.23. The molecule has 2 aromatic heterocycles. The average Bonchev–Trinajstić information content (AvgIpc) is 2.96. The number of hydrogen-bond donors (Lipinski definition) is 1.